The minimum Gasteiger partial charge on any atom is -0.493 e. The zero-order valence-corrected chi connectivity index (χ0v) is 14.2. The number of hydrogen-bond donors (Lipinski definition) is 1. The summed E-state index contributed by atoms with van der Waals surface area (Å²) in [7, 11) is 4.93. The van der Waals surface area contributed by atoms with Gasteiger partial charge in [0.05, 0.1) is 21.3 Å². The maximum atomic E-state index is 5.44. The second-order valence-corrected chi connectivity index (χ2v) is 5.54. The molecule has 0 aliphatic rings. The Morgan fingerprint density at radius 2 is 1.52 bits per heavy atom. The van der Waals surface area contributed by atoms with Crippen LogP contribution in [0.4, 0.5) is 0 Å². The number of rotatable bonds is 9. The quantitative estimate of drug-likeness (QED) is 0.752. The van der Waals surface area contributed by atoms with Gasteiger partial charge in [0, 0.05) is 6.04 Å². The zero-order chi connectivity index (χ0) is 15.8. The van der Waals surface area contributed by atoms with Crippen LogP contribution in [-0.4, -0.2) is 27.9 Å². The van der Waals surface area contributed by atoms with E-state index in [1.54, 1.807) is 21.3 Å². The highest BCUT2D eigenvalue weighted by molar-refractivity contribution is 5.54. The van der Waals surface area contributed by atoms with Crippen LogP contribution >= 0.6 is 0 Å². The van der Waals surface area contributed by atoms with E-state index in [-0.39, 0.29) is 0 Å². The second-order valence-electron chi connectivity index (χ2n) is 5.54. The van der Waals surface area contributed by atoms with Crippen LogP contribution < -0.4 is 19.5 Å². The molecule has 0 radical (unpaired) electrons. The predicted octanol–water partition coefficient (Wildman–Crippen LogP) is 3.80. The SMILES string of the molecule is CCNC(CCC(C)C)c1cc(OC)c(OC)c(OC)c1. The molecule has 1 rings (SSSR count). The van der Waals surface area contributed by atoms with Crippen molar-refractivity contribution in [2.45, 2.75) is 39.7 Å². The first-order chi connectivity index (χ1) is 10.1. The van der Waals surface area contributed by atoms with E-state index in [4.69, 9.17) is 14.2 Å². The van der Waals surface area contributed by atoms with Crippen molar-refractivity contribution in [1.82, 2.24) is 5.32 Å². The third kappa shape index (κ3) is 4.81. The Hall–Kier alpha value is -1.42. The van der Waals surface area contributed by atoms with Crippen LogP contribution in [0.5, 0.6) is 17.2 Å². The van der Waals surface area contributed by atoms with E-state index in [0.29, 0.717) is 29.2 Å². The lowest BCUT2D eigenvalue weighted by Gasteiger charge is -2.22. The summed E-state index contributed by atoms with van der Waals surface area (Å²) in [6.45, 7) is 7.55. The average Bonchev–Trinajstić information content (AvgIpc) is 2.49. The highest BCUT2D eigenvalue weighted by Gasteiger charge is 2.18. The fourth-order valence-electron chi connectivity index (χ4n) is 2.44. The molecule has 4 nitrogen and oxygen atoms in total. The lowest BCUT2D eigenvalue weighted by molar-refractivity contribution is 0.322. The molecule has 0 spiro atoms. The van der Waals surface area contributed by atoms with Crippen LogP contribution in [0.1, 0.15) is 45.2 Å². The molecule has 1 aromatic carbocycles. The maximum absolute atomic E-state index is 5.44. The summed E-state index contributed by atoms with van der Waals surface area (Å²) in [6.07, 6.45) is 2.26. The Kier molecular flexibility index (Phi) is 7.37. The van der Waals surface area contributed by atoms with E-state index < -0.39 is 0 Å². The monoisotopic (exact) mass is 295 g/mol. The number of ether oxygens (including phenoxy) is 3. The summed E-state index contributed by atoms with van der Waals surface area (Å²) in [4.78, 5) is 0. The largest absolute Gasteiger partial charge is 0.493 e. The van der Waals surface area contributed by atoms with Crippen LogP contribution in [0.15, 0.2) is 12.1 Å². The van der Waals surface area contributed by atoms with Gasteiger partial charge in [0.2, 0.25) is 5.75 Å². The molecule has 1 unspecified atom stereocenters. The molecule has 0 fully saturated rings. The molecular formula is C17H29NO3. The number of hydrogen-bond acceptors (Lipinski definition) is 4. The molecule has 0 bridgehead atoms. The third-order valence-corrected chi connectivity index (χ3v) is 3.57. The lowest BCUT2D eigenvalue weighted by atomic mass is 9.97. The van der Waals surface area contributed by atoms with Gasteiger partial charge < -0.3 is 19.5 Å². The van der Waals surface area contributed by atoms with Gasteiger partial charge in [-0.2, -0.15) is 0 Å². The molecule has 0 heterocycles. The summed E-state index contributed by atoms with van der Waals surface area (Å²) in [6, 6.07) is 4.37. The van der Waals surface area contributed by atoms with E-state index in [1.165, 1.54) is 12.0 Å². The summed E-state index contributed by atoms with van der Waals surface area (Å²) in [5, 5.41) is 3.54. The number of nitrogens with one attached hydrogen (secondary N) is 1. The fourth-order valence-corrected chi connectivity index (χ4v) is 2.44. The standard InChI is InChI=1S/C17H29NO3/c1-7-18-14(9-8-12(2)3)13-10-15(19-4)17(21-6)16(11-13)20-5/h10-12,14,18H,7-9H2,1-6H3. The Labute approximate surface area is 128 Å². The van der Waals surface area contributed by atoms with E-state index in [2.05, 4.69) is 26.1 Å². The average molecular weight is 295 g/mol. The topological polar surface area (TPSA) is 39.7 Å². The highest BCUT2D eigenvalue weighted by atomic mass is 16.5. The van der Waals surface area contributed by atoms with Gasteiger partial charge in [-0.3, -0.25) is 0 Å². The zero-order valence-electron chi connectivity index (χ0n) is 14.2. The predicted molar refractivity (Wildman–Crippen MR) is 86.6 cm³/mol. The van der Waals surface area contributed by atoms with Crippen LogP contribution in [0.3, 0.4) is 0 Å². The molecule has 0 aliphatic carbocycles. The van der Waals surface area contributed by atoms with Crippen molar-refractivity contribution in [3.8, 4) is 17.2 Å². The van der Waals surface area contributed by atoms with E-state index in [1.807, 2.05) is 12.1 Å². The van der Waals surface area contributed by atoms with Crippen molar-refractivity contribution in [2.75, 3.05) is 27.9 Å². The highest BCUT2D eigenvalue weighted by Crippen LogP contribution is 2.40. The minimum absolute atomic E-state index is 0.297. The first-order valence-electron chi connectivity index (χ1n) is 7.60. The molecule has 0 aliphatic heterocycles. The van der Waals surface area contributed by atoms with Gasteiger partial charge >= 0.3 is 0 Å². The molecule has 4 heteroatoms. The normalized spacial score (nSPS) is 12.3. The van der Waals surface area contributed by atoms with Crippen LogP contribution in [0.25, 0.3) is 0 Å². The first-order valence-corrected chi connectivity index (χ1v) is 7.60. The van der Waals surface area contributed by atoms with Gasteiger partial charge in [-0.05, 0) is 43.0 Å². The minimum atomic E-state index is 0.297. The van der Waals surface area contributed by atoms with Gasteiger partial charge in [-0.15, -0.1) is 0 Å². The summed E-state index contributed by atoms with van der Waals surface area (Å²) < 4.78 is 16.3. The van der Waals surface area contributed by atoms with Crippen molar-refractivity contribution in [2.24, 2.45) is 5.92 Å². The molecule has 0 saturated carbocycles. The smallest absolute Gasteiger partial charge is 0.203 e. The second kappa shape index (κ2) is 8.78. The van der Waals surface area contributed by atoms with Crippen LogP contribution in [0.2, 0.25) is 0 Å². The van der Waals surface area contributed by atoms with E-state index in [9.17, 15) is 0 Å². The first kappa shape index (κ1) is 17.6. The van der Waals surface area contributed by atoms with Gasteiger partial charge in [0.25, 0.3) is 0 Å². The molecule has 21 heavy (non-hydrogen) atoms. The van der Waals surface area contributed by atoms with E-state index >= 15 is 0 Å². The molecule has 0 aromatic heterocycles. The molecule has 0 saturated heterocycles. The van der Waals surface area contributed by atoms with E-state index in [0.717, 1.165) is 13.0 Å². The molecule has 1 aromatic rings. The van der Waals surface area contributed by atoms with Gasteiger partial charge in [-0.25, -0.2) is 0 Å². The molecule has 1 atom stereocenters. The van der Waals surface area contributed by atoms with Crippen molar-refractivity contribution in [3.63, 3.8) is 0 Å². The van der Waals surface area contributed by atoms with Gasteiger partial charge in [0.1, 0.15) is 0 Å². The Bertz CT molecular complexity index is 407. The van der Waals surface area contributed by atoms with Crippen molar-refractivity contribution < 1.29 is 14.2 Å². The summed E-state index contributed by atoms with van der Waals surface area (Å²) in [5.41, 5.74) is 1.17. The van der Waals surface area contributed by atoms with Gasteiger partial charge in [0.15, 0.2) is 11.5 Å². The fraction of sp³-hybridized carbons (Fsp3) is 0.647. The molecule has 0 amide bonds. The van der Waals surface area contributed by atoms with Crippen molar-refractivity contribution in [3.05, 3.63) is 17.7 Å². The van der Waals surface area contributed by atoms with Gasteiger partial charge in [-0.1, -0.05) is 20.8 Å². The van der Waals surface area contributed by atoms with Crippen LogP contribution in [-0.2, 0) is 0 Å². The van der Waals surface area contributed by atoms with Crippen molar-refractivity contribution >= 4 is 0 Å². The summed E-state index contributed by atoms with van der Waals surface area (Å²) >= 11 is 0. The lowest BCUT2D eigenvalue weighted by Crippen LogP contribution is -2.21. The Morgan fingerprint density at radius 1 is 0.952 bits per heavy atom. The Balaban J connectivity index is 3.12. The maximum Gasteiger partial charge on any atom is 0.203 e. The third-order valence-electron chi connectivity index (χ3n) is 3.57. The molecule has 1 N–H and O–H groups in total. The number of benzene rings is 1. The molecular weight excluding hydrogens is 266 g/mol. The summed E-state index contributed by atoms with van der Waals surface area (Å²) in [5.74, 6) is 2.75. The molecule has 120 valence electrons. The Morgan fingerprint density at radius 3 is 1.90 bits per heavy atom. The van der Waals surface area contributed by atoms with Crippen LogP contribution in [0, 0.1) is 5.92 Å². The number of methoxy groups -OCH3 is 3. The van der Waals surface area contributed by atoms with Crippen molar-refractivity contribution in [1.29, 1.82) is 0 Å².